The fourth-order valence-electron chi connectivity index (χ4n) is 1.18. The van der Waals surface area contributed by atoms with Gasteiger partial charge in [-0.05, 0) is 37.3 Å². The Morgan fingerprint density at radius 3 is 2.19 bits per heavy atom. The van der Waals surface area contributed by atoms with Gasteiger partial charge in [0.1, 0.15) is 11.5 Å². The summed E-state index contributed by atoms with van der Waals surface area (Å²) in [6.07, 6.45) is 2.61. The van der Waals surface area contributed by atoms with Crippen molar-refractivity contribution in [3.05, 3.63) is 35.9 Å². The van der Waals surface area contributed by atoms with Crippen molar-refractivity contribution in [3.63, 3.8) is 0 Å². The minimum Gasteiger partial charge on any atom is -0.497 e. The highest BCUT2D eigenvalue weighted by Crippen LogP contribution is 2.20. The first-order valence-corrected chi connectivity index (χ1v) is 6.48. The number of rotatable bonds is 4. The molecule has 1 rings (SSSR count). The van der Waals surface area contributed by atoms with E-state index < -0.39 is 10.1 Å². The molecule has 0 fully saturated rings. The lowest BCUT2D eigenvalue weighted by molar-refractivity contribution is 0.414. The van der Waals surface area contributed by atoms with E-state index in [4.69, 9.17) is 8.92 Å². The smallest absolute Gasteiger partial charge is 0.306 e. The molecule has 1 aromatic rings. The maximum Gasteiger partial charge on any atom is 0.306 e. The van der Waals surface area contributed by atoms with Gasteiger partial charge in [-0.3, -0.25) is 0 Å². The Labute approximate surface area is 95.6 Å². The molecule has 88 valence electrons. The van der Waals surface area contributed by atoms with E-state index in [0.717, 1.165) is 6.26 Å². The largest absolute Gasteiger partial charge is 0.497 e. The molecule has 0 N–H and O–H groups in total. The van der Waals surface area contributed by atoms with Gasteiger partial charge in [-0.15, -0.1) is 0 Å². The van der Waals surface area contributed by atoms with Crippen molar-refractivity contribution in [3.8, 4) is 5.75 Å². The SMILES string of the molecule is C/C=C(/OS(C)(=O)=O)c1ccc(OC)cc1. The molecular formula is C11H14O4S. The first-order chi connectivity index (χ1) is 7.46. The molecule has 0 aliphatic rings. The van der Waals surface area contributed by atoms with Gasteiger partial charge in [0.25, 0.3) is 0 Å². The lowest BCUT2D eigenvalue weighted by Gasteiger charge is -2.08. The van der Waals surface area contributed by atoms with E-state index in [1.807, 2.05) is 0 Å². The summed E-state index contributed by atoms with van der Waals surface area (Å²) in [6.45, 7) is 1.71. The highest BCUT2D eigenvalue weighted by Gasteiger charge is 2.08. The van der Waals surface area contributed by atoms with Gasteiger partial charge in [-0.25, -0.2) is 0 Å². The van der Waals surface area contributed by atoms with Gasteiger partial charge >= 0.3 is 10.1 Å². The summed E-state index contributed by atoms with van der Waals surface area (Å²) in [5, 5.41) is 0. The van der Waals surface area contributed by atoms with Gasteiger partial charge in [-0.1, -0.05) is 0 Å². The molecule has 16 heavy (non-hydrogen) atoms. The highest BCUT2D eigenvalue weighted by atomic mass is 32.2. The summed E-state index contributed by atoms with van der Waals surface area (Å²) in [4.78, 5) is 0. The van der Waals surface area contributed by atoms with Crippen LogP contribution in [0.4, 0.5) is 0 Å². The molecule has 0 atom stereocenters. The van der Waals surface area contributed by atoms with E-state index in [-0.39, 0.29) is 0 Å². The molecule has 0 radical (unpaired) electrons. The molecule has 5 heteroatoms. The van der Waals surface area contributed by atoms with Gasteiger partial charge in [0.05, 0.1) is 13.4 Å². The topological polar surface area (TPSA) is 52.6 Å². The molecule has 0 saturated heterocycles. The summed E-state index contributed by atoms with van der Waals surface area (Å²) >= 11 is 0. The van der Waals surface area contributed by atoms with Crippen LogP contribution < -0.4 is 4.74 Å². The van der Waals surface area contributed by atoms with Crippen LogP contribution in [0.25, 0.3) is 5.76 Å². The van der Waals surface area contributed by atoms with Crippen molar-refractivity contribution in [2.75, 3.05) is 13.4 Å². The molecule has 1 aromatic carbocycles. The normalized spacial score (nSPS) is 12.3. The molecule has 0 aliphatic heterocycles. The Hall–Kier alpha value is -1.49. The summed E-state index contributed by atoms with van der Waals surface area (Å²) < 4.78 is 31.9. The van der Waals surface area contributed by atoms with E-state index in [2.05, 4.69) is 0 Å². The zero-order valence-corrected chi connectivity index (χ0v) is 10.2. The molecule has 0 saturated carbocycles. The van der Waals surface area contributed by atoms with Gasteiger partial charge in [0, 0.05) is 5.56 Å². The van der Waals surface area contributed by atoms with Crippen LogP contribution in [-0.2, 0) is 14.3 Å². The van der Waals surface area contributed by atoms with Crippen LogP contribution in [0, 0.1) is 0 Å². The second-order valence-electron chi connectivity index (χ2n) is 3.17. The van der Waals surface area contributed by atoms with Crippen LogP contribution in [0.1, 0.15) is 12.5 Å². The Morgan fingerprint density at radius 1 is 1.25 bits per heavy atom. The first kappa shape index (κ1) is 12.6. The number of hydrogen-bond donors (Lipinski definition) is 0. The summed E-state index contributed by atoms with van der Waals surface area (Å²) in [6, 6.07) is 6.95. The monoisotopic (exact) mass is 242 g/mol. The van der Waals surface area contributed by atoms with Crippen LogP contribution in [0.2, 0.25) is 0 Å². The van der Waals surface area contributed by atoms with Gasteiger partial charge < -0.3 is 8.92 Å². The van der Waals surface area contributed by atoms with Crippen LogP contribution in [0.15, 0.2) is 30.3 Å². The standard InChI is InChI=1S/C11H14O4S/c1-4-11(15-16(3,12)13)9-5-7-10(14-2)8-6-9/h4-8H,1-3H3/b11-4+. The second-order valence-corrected chi connectivity index (χ2v) is 4.74. The second kappa shape index (κ2) is 5.03. The highest BCUT2D eigenvalue weighted by molar-refractivity contribution is 7.86. The Morgan fingerprint density at radius 2 is 1.81 bits per heavy atom. The van der Waals surface area contributed by atoms with E-state index in [9.17, 15) is 8.42 Å². The van der Waals surface area contributed by atoms with E-state index in [1.54, 1.807) is 44.4 Å². The quantitative estimate of drug-likeness (QED) is 0.599. The lowest BCUT2D eigenvalue weighted by atomic mass is 10.2. The number of hydrogen-bond acceptors (Lipinski definition) is 4. The van der Waals surface area contributed by atoms with E-state index >= 15 is 0 Å². The molecular weight excluding hydrogens is 228 g/mol. The van der Waals surface area contributed by atoms with Crippen molar-refractivity contribution >= 4 is 15.9 Å². The number of ether oxygens (including phenoxy) is 1. The predicted molar refractivity (Wildman–Crippen MR) is 62.6 cm³/mol. The maximum absolute atomic E-state index is 11.0. The van der Waals surface area contributed by atoms with Crippen LogP contribution in [-0.4, -0.2) is 21.8 Å². The molecule has 0 bridgehead atoms. The lowest BCUT2D eigenvalue weighted by Crippen LogP contribution is -2.02. The molecule has 0 aliphatic carbocycles. The van der Waals surface area contributed by atoms with Gasteiger partial charge in [0.2, 0.25) is 0 Å². The van der Waals surface area contributed by atoms with Crippen molar-refractivity contribution in [1.82, 2.24) is 0 Å². The molecule has 0 heterocycles. The zero-order chi connectivity index (χ0) is 12.2. The summed E-state index contributed by atoms with van der Waals surface area (Å²) in [5.41, 5.74) is 0.689. The first-order valence-electron chi connectivity index (χ1n) is 4.66. The number of benzene rings is 1. The minimum absolute atomic E-state index is 0.310. The van der Waals surface area contributed by atoms with Gasteiger partial charge in [0.15, 0.2) is 0 Å². The minimum atomic E-state index is -3.50. The number of methoxy groups -OCH3 is 1. The molecule has 4 nitrogen and oxygen atoms in total. The third kappa shape index (κ3) is 3.58. The summed E-state index contributed by atoms with van der Waals surface area (Å²) in [5.74, 6) is 1.02. The van der Waals surface area contributed by atoms with Crippen LogP contribution >= 0.6 is 0 Å². The van der Waals surface area contributed by atoms with Crippen LogP contribution in [0.5, 0.6) is 5.75 Å². The maximum atomic E-state index is 11.0. The average molecular weight is 242 g/mol. The molecule has 0 spiro atoms. The van der Waals surface area contributed by atoms with Crippen molar-refractivity contribution in [2.24, 2.45) is 0 Å². The third-order valence-corrected chi connectivity index (χ3v) is 2.36. The van der Waals surface area contributed by atoms with Crippen molar-refractivity contribution in [1.29, 1.82) is 0 Å². The Kier molecular flexibility index (Phi) is 3.95. The predicted octanol–water partition coefficient (Wildman–Crippen LogP) is 2.03. The molecule has 0 amide bonds. The fourth-order valence-corrected chi connectivity index (χ4v) is 1.70. The fraction of sp³-hybridized carbons (Fsp3) is 0.273. The van der Waals surface area contributed by atoms with E-state index in [0.29, 0.717) is 17.1 Å². The summed E-state index contributed by atoms with van der Waals surface area (Å²) in [7, 11) is -1.93. The van der Waals surface area contributed by atoms with Crippen molar-refractivity contribution < 1.29 is 17.3 Å². The average Bonchev–Trinajstić information content (AvgIpc) is 2.25. The molecule has 0 aromatic heterocycles. The van der Waals surface area contributed by atoms with Crippen molar-refractivity contribution in [2.45, 2.75) is 6.92 Å². The van der Waals surface area contributed by atoms with Gasteiger partial charge in [-0.2, -0.15) is 8.42 Å². The van der Waals surface area contributed by atoms with E-state index in [1.165, 1.54) is 0 Å². The van der Waals surface area contributed by atoms with Crippen LogP contribution in [0.3, 0.4) is 0 Å². The Balaban J connectivity index is 2.97. The Bertz CT molecular complexity index is 471. The molecule has 0 unspecified atom stereocenters. The third-order valence-electron chi connectivity index (χ3n) is 1.88. The zero-order valence-electron chi connectivity index (χ0n) is 9.43. The number of allylic oxidation sites excluding steroid dienone is 1.